The molecule has 2 atom stereocenters. The Morgan fingerprint density at radius 2 is 2.05 bits per heavy atom. The number of hydrogen-bond acceptors (Lipinski definition) is 3. The molecule has 1 aliphatic heterocycles. The van der Waals surface area contributed by atoms with Crippen molar-refractivity contribution in [3.8, 4) is 0 Å². The Kier molecular flexibility index (Phi) is 5.41. The molecule has 0 radical (unpaired) electrons. The number of carbonyl (C=O) groups is 2. The van der Waals surface area contributed by atoms with Crippen molar-refractivity contribution in [2.45, 2.75) is 63.9 Å². The van der Waals surface area contributed by atoms with Gasteiger partial charge >= 0.3 is 12.0 Å². The maximum absolute atomic E-state index is 12.9. The van der Waals surface area contributed by atoms with Crippen LogP contribution in [0.1, 0.15) is 46.5 Å². The molecule has 2 unspecified atom stereocenters. The van der Waals surface area contributed by atoms with Crippen LogP contribution in [0.15, 0.2) is 0 Å². The minimum Gasteiger partial charge on any atom is -0.480 e. The number of aliphatic carboxylic acids is 1. The summed E-state index contributed by atoms with van der Waals surface area (Å²) in [6, 6.07) is -0.420. The zero-order chi connectivity index (χ0) is 15.6. The van der Waals surface area contributed by atoms with Crippen molar-refractivity contribution in [2.24, 2.45) is 5.92 Å². The zero-order valence-electron chi connectivity index (χ0n) is 13.1. The SMILES string of the molecule is CCCCN(C(=O)N1C(C(=O)O)CSC1C(C)C)C1CC1. The van der Waals surface area contributed by atoms with Gasteiger partial charge in [-0.05, 0) is 25.2 Å². The van der Waals surface area contributed by atoms with Crippen LogP contribution in [0.4, 0.5) is 4.79 Å². The van der Waals surface area contributed by atoms with Crippen molar-refractivity contribution in [2.75, 3.05) is 12.3 Å². The number of thioether (sulfide) groups is 1. The van der Waals surface area contributed by atoms with Crippen LogP contribution in [0.3, 0.4) is 0 Å². The number of urea groups is 1. The Labute approximate surface area is 131 Å². The summed E-state index contributed by atoms with van der Waals surface area (Å²) in [6.07, 6.45) is 4.13. The van der Waals surface area contributed by atoms with Crippen molar-refractivity contribution < 1.29 is 14.7 Å². The van der Waals surface area contributed by atoms with Crippen LogP contribution >= 0.6 is 11.8 Å². The van der Waals surface area contributed by atoms with Gasteiger partial charge in [0.15, 0.2) is 0 Å². The smallest absolute Gasteiger partial charge is 0.327 e. The lowest BCUT2D eigenvalue weighted by Crippen LogP contribution is -2.53. The normalized spacial score (nSPS) is 25.4. The lowest BCUT2D eigenvalue weighted by molar-refractivity contribution is -0.141. The number of carboxylic acid groups (broad SMARTS) is 1. The van der Waals surface area contributed by atoms with Crippen LogP contribution in [-0.2, 0) is 4.79 Å². The predicted molar refractivity (Wildman–Crippen MR) is 84.4 cm³/mol. The van der Waals surface area contributed by atoms with Gasteiger partial charge in [-0.15, -0.1) is 11.8 Å². The number of amides is 2. The predicted octanol–water partition coefficient (Wildman–Crippen LogP) is 2.86. The monoisotopic (exact) mass is 314 g/mol. The molecule has 21 heavy (non-hydrogen) atoms. The fraction of sp³-hybridized carbons (Fsp3) is 0.867. The van der Waals surface area contributed by atoms with E-state index in [0.717, 1.165) is 32.2 Å². The molecule has 1 saturated heterocycles. The average molecular weight is 314 g/mol. The van der Waals surface area contributed by atoms with Crippen molar-refractivity contribution in [1.29, 1.82) is 0 Å². The van der Waals surface area contributed by atoms with Gasteiger partial charge in [-0.25, -0.2) is 9.59 Å². The van der Waals surface area contributed by atoms with Gasteiger partial charge in [0.2, 0.25) is 0 Å². The molecule has 2 fully saturated rings. The molecule has 1 saturated carbocycles. The van der Waals surface area contributed by atoms with Gasteiger partial charge in [0, 0.05) is 18.3 Å². The highest BCUT2D eigenvalue weighted by atomic mass is 32.2. The van der Waals surface area contributed by atoms with Crippen LogP contribution in [0.5, 0.6) is 0 Å². The molecule has 2 aliphatic rings. The van der Waals surface area contributed by atoms with E-state index in [4.69, 9.17) is 0 Å². The van der Waals surface area contributed by atoms with Gasteiger partial charge in [-0.3, -0.25) is 4.90 Å². The first kappa shape index (κ1) is 16.5. The highest BCUT2D eigenvalue weighted by molar-refractivity contribution is 8.00. The summed E-state index contributed by atoms with van der Waals surface area (Å²) in [7, 11) is 0. The van der Waals surface area contributed by atoms with Crippen molar-refractivity contribution in [3.63, 3.8) is 0 Å². The largest absolute Gasteiger partial charge is 0.480 e. The van der Waals surface area contributed by atoms with E-state index in [1.54, 1.807) is 16.7 Å². The third-order valence-corrected chi connectivity index (χ3v) is 5.72. The fourth-order valence-electron chi connectivity index (χ4n) is 2.77. The molecule has 6 heteroatoms. The lowest BCUT2D eigenvalue weighted by Gasteiger charge is -2.35. The molecule has 0 bridgehead atoms. The number of hydrogen-bond donors (Lipinski definition) is 1. The van der Waals surface area contributed by atoms with E-state index < -0.39 is 12.0 Å². The second-order valence-corrected chi connectivity index (χ2v) is 7.44. The van der Waals surface area contributed by atoms with Crippen molar-refractivity contribution in [1.82, 2.24) is 9.80 Å². The maximum atomic E-state index is 12.9. The van der Waals surface area contributed by atoms with Gasteiger partial charge in [-0.2, -0.15) is 0 Å². The molecule has 5 nitrogen and oxygen atoms in total. The maximum Gasteiger partial charge on any atom is 0.327 e. The molecule has 0 spiro atoms. The van der Waals surface area contributed by atoms with Crippen LogP contribution in [0.2, 0.25) is 0 Å². The number of rotatable bonds is 6. The van der Waals surface area contributed by atoms with E-state index in [1.807, 2.05) is 4.90 Å². The van der Waals surface area contributed by atoms with E-state index in [-0.39, 0.29) is 17.3 Å². The highest BCUT2D eigenvalue weighted by Gasteiger charge is 2.46. The lowest BCUT2D eigenvalue weighted by atomic mass is 10.1. The summed E-state index contributed by atoms with van der Waals surface area (Å²) in [5.74, 6) is -0.128. The molecule has 0 aromatic rings. The fourth-order valence-corrected chi connectivity index (χ4v) is 4.24. The Bertz CT molecular complexity index is 398. The van der Waals surface area contributed by atoms with Gasteiger partial charge < -0.3 is 10.0 Å². The number of carboxylic acids is 1. The first-order chi connectivity index (χ1) is 9.97. The Morgan fingerprint density at radius 3 is 2.52 bits per heavy atom. The molecule has 2 rings (SSSR count). The third-order valence-electron chi connectivity index (χ3n) is 4.10. The van der Waals surface area contributed by atoms with E-state index in [9.17, 15) is 14.7 Å². The van der Waals surface area contributed by atoms with E-state index in [0.29, 0.717) is 11.8 Å². The summed E-state index contributed by atoms with van der Waals surface area (Å²) in [6.45, 7) is 6.96. The summed E-state index contributed by atoms with van der Waals surface area (Å²) in [4.78, 5) is 28.0. The van der Waals surface area contributed by atoms with E-state index in [1.165, 1.54) is 0 Å². The molecular formula is C15H26N2O3S. The summed E-state index contributed by atoms with van der Waals surface area (Å²) < 4.78 is 0. The zero-order valence-corrected chi connectivity index (χ0v) is 13.9. The topological polar surface area (TPSA) is 60.9 Å². The van der Waals surface area contributed by atoms with Gasteiger partial charge in [0.1, 0.15) is 6.04 Å². The number of unbranched alkanes of at least 4 members (excludes halogenated alkanes) is 1. The average Bonchev–Trinajstić information content (AvgIpc) is 3.15. The first-order valence-corrected chi connectivity index (χ1v) is 8.95. The summed E-state index contributed by atoms with van der Waals surface area (Å²) >= 11 is 1.59. The summed E-state index contributed by atoms with van der Waals surface area (Å²) in [5, 5.41) is 9.39. The minimum absolute atomic E-state index is 0.0264. The van der Waals surface area contributed by atoms with E-state index in [2.05, 4.69) is 20.8 Å². The molecule has 1 N–H and O–H groups in total. The van der Waals surface area contributed by atoms with Gasteiger partial charge in [-0.1, -0.05) is 27.2 Å². The molecule has 120 valence electrons. The second-order valence-electron chi connectivity index (χ2n) is 6.29. The van der Waals surface area contributed by atoms with Crippen molar-refractivity contribution >= 4 is 23.8 Å². The number of carbonyl (C=O) groups excluding carboxylic acids is 1. The molecule has 1 aliphatic carbocycles. The van der Waals surface area contributed by atoms with Crippen LogP contribution < -0.4 is 0 Å². The van der Waals surface area contributed by atoms with Crippen LogP contribution in [0, 0.1) is 5.92 Å². The first-order valence-electron chi connectivity index (χ1n) is 7.90. The second kappa shape index (κ2) is 6.90. The standard InChI is InChI=1S/C15H26N2O3S/c1-4-5-8-16(11-6-7-11)15(20)17-12(14(18)19)9-21-13(17)10(2)3/h10-13H,4-9H2,1-3H3,(H,18,19). The van der Waals surface area contributed by atoms with Gasteiger partial charge in [0.05, 0.1) is 5.37 Å². The molecule has 1 heterocycles. The quantitative estimate of drug-likeness (QED) is 0.819. The third kappa shape index (κ3) is 3.65. The Balaban J connectivity index is 2.16. The summed E-state index contributed by atoms with van der Waals surface area (Å²) in [5.41, 5.74) is 0. The molecule has 0 aromatic heterocycles. The Morgan fingerprint density at radius 1 is 1.38 bits per heavy atom. The minimum atomic E-state index is -0.884. The van der Waals surface area contributed by atoms with Crippen LogP contribution in [0.25, 0.3) is 0 Å². The molecule has 0 aromatic carbocycles. The molecule has 2 amide bonds. The van der Waals surface area contributed by atoms with Gasteiger partial charge in [0.25, 0.3) is 0 Å². The Hall–Kier alpha value is -0.910. The number of nitrogens with zero attached hydrogens (tertiary/aromatic N) is 2. The van der Waals surface area contributed by atoms with Crippen LogP contribution in [-0.4, -0.2) is 56.7 Å². The highest BCUT2D eigenvalue weighted by Crippen LogP contribution is 2.37. The van der Waals surface area contributed by atoms with Crippen molar-refractivity contribution in [3.05, 3.63) is 0 Å². The molecular weight excluding hydrogens is 288 g/mol. The van der Waals surface area contributed by atoms with E-state index >= 15 is 0 Å².